The van der Waals surface area contributed by atoms with Gasteiger partial charge in [0, 0.05) is 0 Å². The Morgan fingerprint density at radius 2 is 2.17 bits per heavy atom. The van der Waals surface area contributed by atoms with Crippen LogP contribution in [-0.2, 0) is 14.3 Å². The number of halogens is 1. The van der Waals surface area contributed by atoms with E-state index in [1.165, 1.54) is 18.2 Å². The molecule has 0 amide bonds. The van der Waals surface area contributed by atoms with Gasteiger partial charge < -0.3 is 4.74 Å². The molecule has 1 heterocycles. The van der Waals surface area contributed by atoms with E-state index in [0.717, 1.165) is 6.08 Å². The van der Waals surface area contributed by atoms with Crippen molar-refractivity contribution < 1.29 is 18.7 Å². The van der Waals surface area contributed by atoms with Gasteiger partial charge in [-0.05, 0) is 6.08 Å². The molecule has 1 aliphatic heterocycles. The summed E-state index contributed by atoms with van der Waals surface area (Å²) in [4.78, 5) is 21.7. The van der Waals surface area contributed by atoms with Crippen molar-refractivity contribution in [3.05, 3.63) is 24.3 Å². The number of carbonyl (C=O) groups is 2. The lowest BCUT2D eigenvalue weighted by atomic mass is 9.88. The molecule has 2 rings (SSSR count). The van der Waals surface area contributed by atoms with Gasteiger partial charge in [-0.2, -0.15) is 0 Å². The Morgan fingerprint density at radius 3 is 2.83 bits per heavy atom. The second kappa shape index (κ2) is 2.03. The summed E-state index contributed by atoms with van der Waals surface area (Å²) < 4.78 is 17.7. The lowest BCUT2D eigenvalue weighted by Crippen LogP contribution is -2.34. The smallest absolute Gasteiger partial charge is 0.356 e. The number of allylic oxidation sites excluding steroid dienone is 2. The number of alkyl halides is 1. The molecular formula is C8H5FO3. The molecule has 62 valence electrons. The van der Waals surface area contributed by atoms with Crippen LogP contribution in [0.5, 0.6) is 0 Å². The first-order chi connectivity index (χ1) is 5.64. The Morgan fingerprint density at radius 1 is 1.42 bits per heavy atom. The van der Waals surface area contributed by atoms with E-state index in [-0.39, 0.29) is 0 Å². The molecule has 1 saturated heterocycles. The second-order valence-corrected chi connectivity index (χ2v) is 2.70. The first kappa shape index (κ1) is 7.21. The maximum atomic E-state index is 13.6. The predicted molar refractivity (Wildman–Crippen MR) is 36.7 cm³/mol. The summed E-state index contributed by atoms with van der Waals surface area (Å²) >= 11 is 0. The first-order valence-corrected chi connectivity index (χ1v) is 3.45. The number of fused-ring (bicyclic) bond motifs is 1. The monoisotopic (exact) mass is 168 g/mol. The minimum Gasteiger partial charge on any atom is -0.390 e. The highest BCUT2D eigenvalue weighted by molar-refractivity contribution is 6.03. The molecule has 3 nitrogen and oxygen atoms in total. The molecule has 2 unspecified atom stereocenters. The van der Waals surface area contributed by atoms with Crippen LogP contribution in [0.1, 0.15) is 0 Å². The van der Waals surface area contributed by atoms with E-state index in [1.54, 1.807) is 0 Å². The van der Waals surface area contributed by atoms with Crippen molar-refractivity contribution in [3.8, 4) is 0 Å². The molecule has 12 heavy (non-hydrogen) atoms. The molecule has 4 heteroatoms. The normalized spacial score (nSPS) is 38.2. The third-order valence-electron chi connectivity index (χ3n) is 1.97. The summed E-state index contributed by atoms with van der Waals surface area (Å²) in [5, 5.41) is 0. The van der Waals surface area contributed by atoms with Gasteiger partial charge in [0.1, 0.15) is 5.92 Å². The number of cyclic esters (lactones) is 2. The minimum absolute atomic E-state index is 0.817. The van der Waals surface area contributed by atoms with Crippen LogP contribution in [0.25, 0.3) is 0 Å². The molecule has 2 aliphatic rings. The summed E-state index contributed by atoms with van der Waals surface area (Å²) in [5.41, 5.74) is -2.26. The zero-order chi connectivity index (χ0) is 8.77. The Labute approximate surface area is 67.5 Å². The summed E-state index contributed by atoms with van der Waals surface area (Å²) in [7, 11) is 0. The highest BCUT2D eigenvalue weighted by atomic mass is 19.1. The molecule has 0 aromatic heterocycles. The Balaban J connectivity index is 2.49. The van der Waals surface area contributed by atoms with Gasteiger partial charge in [-0.1, -0.05) is 18.2 Å². The molecule has 0 saturated carbocycles. The van der Waals surface area contributed by atoms with Crippen molar-refractivity contribution in [2.75, 3.05) is 0 Å². The standard InChI is InChI=1S/C8H5FO3/c9-8-4-2-1-3-5(8)6(10)12-7(8)11/h1-5H. The highest BCUT2D eigenvalue weighted by Gasteiger charge is 2.56. The van der Waals surface area contributed by atoms with E-state index in [0.29, 0.717) is 0 Å². The summed E-state index contributed by atoms with van der Waals surface area (Å²) in [5.74, 6) is -3.02. The molecule has 0 N–H and O–H groups in total. The average molecular weight is 168 g/mol. The second-order valence-electron chi connectivity index (χ2n) is 2.70. The van der Waals surface area contributed by atoms with Crippen LogP contribution in [-0.4, -0.2) is 17.6 Å². The summed E-state index contributed by atoms with van der Waals surface area (Å²) in [6.45, 7) is 0. The van der Waals surface area contributed by atoms with Crippen molar-refractivity contribution >= 4 is 11.9 Å². The number of rotatable bonds is 0. The fraction of sp³-hybridized carbons (Fsp3) is 0.250. The van der Waals surface area contributed by atoms with Crippen molar-refractivity contribution in [1.82, 2.24) is 0 Å². The van der Waals surface area contributed by atoms with Crippen molar-refractivity contribution in [1.29, 1.82) is 0 Å². The first-order valence-electron chi connectivity index (χ1n) is 3.45. The fourth-order valence-corrected chi connectivity index (χ4v) is 1.29. The van der Waals surface area contributed by atoms with Gasteiger partial charge in [0.2, 0.25) is 5.67 Å². The van der Waals surface area contributed by atoms with Crippen LogP contribution in [0.4, 0.5) is 4.39 Å². The number of carbonyl (C=O) groups excluding carboxylic acids is 2. The van der Waals surface area contributed by atoms with E-state index in [1.807, 2.05) is 0 Å². The van der Waals surface area contributed by atoms with Crippen LogP contribution in [0.15, 0.2) is 24.3 Å². The van der Waals surface area contributed by atoms with Crippen LogP contribution in [0.3, 0.4) is 0 Å². The van der Waals surface area contributed by atoms with E-state index in [9.17, 15) is 14.0 Å². The topological polar surface area (TPSA) is 43.4 Å². The van der Waals surface area contributed by atoms with Crippen LogP contribution >= 0.6 is 0 Å². The van der Waals surface area contributed by atoms with Crippen LogP contribution < -0.4 is 0 Å². The van der Waals surface area contributed by atoms with Gasteiger partial charge in [-0.15, -0.1) is 0 Å². The third-order valence-corrected chi connectivity index (χ3v) is 1.97. The van der Waals surface area contributed by atoms with Crippen LogP contribution in [0, 0.1) is 5.92 Å². The summed E-state index contributed by atoms with van der Waals surface area (Å²) in [6, 6.07) is 0. The lowest BCUT2D eigenvalue weighted by molar-refractivity contribution is -0.154. The molecular weight excluding hydrogens is 163 g/mol. The number of hydrogen-bond acceptors (Lipinski definition) is 3. The van der Waals surface area contributed by atoms with Gasteiger partial charge in [0.15, 0.2) is 0 Å². The van der Waals surface area contributed by atoms with Gasteiger partial charge in [0.05, 0.1) is 0 Å². The zero-order valence-electron chi connectivity index (χ0n) is 5.99. The molecule has 0 aromatic rings. The maximum Gasteiger partial charge on any atom is 0.356 e. The van der Waals surface area contributed by atoms with Crippen molar-refractivity contribution in [2.24, 2.45) is 5.92 Å². The number of hydrogen-bond donors (Lipinski definition) is 0. The summed E-state index contributed by atoms with van der Waals surface area (Å²) in [6.07, 6.45) is 5.27. The molecule has 0 bridgehead atoms. The SMILES string of the molecule is O=C1OC(=O)C2(F)C=CC=CC12. The molecule has 0 spiro atoms. The van der Waals surface area contributed by atoms with Gasteiger partial charge in [0.25, 0.3) is 0 Å². The molecule has 1 fully saturated rings. The van der Waals surface area contributed by atoms with Gasteiger partial charge in [-0.3, -0.25) is 4.79 Å². The third kappa shape index (κ3) is 0.691. The Bertz CT molecular complexity index is 318. The molecule has 0 aromatic carbocycles. The van der Waals surface area contributed by atoms with E-state index < -0.39 is 23.5 Å². The lowest BCUT2D eigenvalue weighted by Gasteiger charge is -2.15. The fourth-order valence-electron chi connectivity index (χ4n) is 1.29. The maximum absolute atomic E-state index is 13.6. The Kier molecular flexibility index (Phi) is 1.22. The van der Waals surface area contributed by atoms with Crippen molar-refractivity contribution in [2.45, 2.75) is 5.67 Å². The van der Waals surface area contributed by atoms with Crippen molar-refractivity contribution in [3.63, 3.8) is 0 Å². The van der Waals surface area contributed by atoms with E-state index >= 15 is 0 Å². The quantitative estimate of drug-likeness (QED) is 0.391. The molecule has 1 aliphatic carbocycles. The Hall–Kier alpha value is -1.45. The van der Waals surface area contributed by atoms with Gasteiger partial charge in [-0.25, -0.2) is 9.18 Å². The van der Waals surface area contributed by atoms with E-state index in [2.05, 4.69) is 4.74 Å². The predicted octanol–water partition coefficient (Wildman–Crippen LogP) is 0.520. The van der Waals surface area contributed by atoms with E-state index in [4.69, 9.17) is 0 Å². The number of ether oxygens (including phenoxy) is 1. The highest BCUT2D eigenvalue weighted by Crippen LogP contribution is 2.36. The average Bonchev–Trinajstić information content (AvgIpc) is 2.25. The largest absolute Gasteiger partial charge is 0.390 e. The van der Waals surface area contributed by atoms with Gasteiger partial charge >= 0.3 is 11.9 Å². The zero-order valence-corrected chi connectivity index (χ0v) is 5.99. The number of esters is 2. The van der Waals surface area contributed by atoms with Crippen LogP contribution in [0.2, 0.25) is 0 Å². The molecule has 2 atom stereocenters. The minimum atomic E-state index is -2.26. The molecule has 0 radical (unpaired) electrons.